The average molecular weight is 460 g/mol. The minimum atomic E-state index is -4.74. The van der Waals surface area contributed by atoms with Crippen LogP contribution in [0.4, 0.5) is 19.0 Å². The van der Waals surface area contributed by atoms with Gasteiger partial charge in [0.2, 0.25) is 0 Å². The van der Waals surface area contributed by atoms with Crippen molar-refractivity contribution in [2.24, 2.45) is 0 Å². The fourth-order valence-electron chi connectivity index (χ4n) is 3.03. The molecule has 4 rings (SSSR count). The number of hydrogen-bond acceptors (Lipinski definition) is 7. The van der Waals surface area contributed by atoms with Crippen molar-refractivity contribution in [3.63, 3.8) is 0 Å². The number of imidazole rings is 1. The molecule has 3 aromatic rings. The lowest BCUT2D eigenvalue weighted by Crippen LogP contribution is -2.32. The lowest BCUT2D eigenvalue weighted by molar-refractivity contribution is -0.389. The maximum absolute atomic E-state index is 12.2. The number of halogens is 3. The minimum Gasteiger partial charge on any atom is -0.443 e. The van der Waals surface area contributed by atoms with Crippen molar-refractivity contribution in [2.45, 2.75) is 19.0 Å². The van der Waals surface area contributed by atoms with Gasteiger partial charge >= 0.3 is 18.2 Å². The number of rotatable bonds is 5. The smallest absolute Gasteiger partial charge is 0.443 e. The van der Waals surface area contributed by atoms with E-state index >= 15 is 0 Å². The van der Waals surface area contributed by atoms with Crippen LogP contribution in [-0.4, -0.2) is 45.1 Å². The lowest BCUT2D eigenvalue weighted by Gasteiger charge is -2.21. The molecule has 0 unspecified atom stereocenters. The highest BCUT2D eigenvalue weighted by molar-refractivity contribution is 5.63. The Hall–Kier alpha value is -4.11. The molecule has 2 aromatic heterocycles. The van der Waals surface area contributed by atoms with E-state index in [2.05, 4.69) is 26.5 Å². The summed E-state index contributed by atoms with van der Waals surface area (Å²) in [6.07, 6.45) is -2.22. The summed E-state index contributed by atoms with van der Waals surface area (Å²) < 4.78 is 53.1. The maximum Gasteiger partial charge on any atom is 0.573 e. The zero-order valence-corrected chi connectivity index (χ0v) is 16.8. The van der Waals surface area contributed by atoms with E-state index in [1.165, 1.54) is 35.0 Å². The summed E-state index contributed by atoms with van der Waals surface area (Å²) in [6, 6.07) is 9.08. The second-order valence-electron chi connectivity index (χ2n) is 6.84. The van der Waals surface area contributed by atoms with Crippen LogP contribution in [0.3, 0.4) is 0 Å². The fraction of sp³-hybridized carbons (Fsp3) is 0.238. The largest absolute Gasteiger partial charge is 0.573 e. The second-order valence-corrected chi connectivity index (χ2v) is 6.84. The van der Waals surface area contributed by atoms with Crippen LogP contribution in [0.25, 0.3) is 11.1 Å². The summed E-state index contributed by atoms with van der Waals surface area (Å²) >= 11 is 0. The van der Waals surface area contributed by atoms with E-state index in [-0.39, 0.29) is 36.9 Å². The minimum absolute atomic E-state index is 0.101. The van der Waals surface area contributed by atoms with Crippen LogP contribution < -0.4 is 9.47 Å². The SMILES string of the molecule is O=[N+]([O-])c1cn2c(n1)OC[C@H](OCC#Cc1ccc(-c3ccc(OC(F)(F)F)cc3)cn1)C2. The molecule has 0 fully saturated rings. The summed E-state index contributed by atoms with van der Waals surface area (Å²) in [6.45, 7) is 0.664. The van der Waals surface area contributed by atoms with E-state index in [4.69, 9.17) is 9.47 Å². The highest BCUT2D eigenvalue weighted by atomic mass is 19.4. The van der Waals surface area contributed by atoms with Gasteiger partial charge in [0.05, 0.1) is 6.54 Å². The first kappa shape index (κ1) is 22.1. The monoisotopic (exact) mass is 460 g/mol. The van der Waals surface area contributed by atoms with E-state index in [9.17, 15) is 23.3 Å². The Kier molecular flexibility index (Phi) is 6.14. The Labute approximate surface area is 184 Å². The van der Waals surface area contributed by atoms with E-state index in [1.807, 2.05) is 0 Å². The maximum atomic E-state index is 12.2. The summed E-state index contributed by atoms with van der Waals surface area (Å²) in [4.78, 5) is 18.2. The third-order valence-electron chi connectivity index (χ3n) is 4.51. The van der Waals surface area contributed by atoms with Gasteiger partial charge in [-0.05, 0) is 34.6 Å². The molecule has 0 radical (unpaired) electrons. The zero-order chi connectivity index (χ0) is 23.4. The molecule has 0 amide bonds. The van der Waals surface area contributed by atoms with Gasteiger partial charge in [-0.1, -0.05) is 24.1 Å². The van der Waals surface area contributed by atoms with E-state index in [0.29, 0.717) is 23.4 Å². The van der Waals surface area contributed by atoms with Crippen LogP contribution in [0.15, 0.2) is 48.8 Å². The van der Waals surface area contributed by atoms with Crippen molar-refractivity contribution in [1.82, 2.24) is 14.5 Å². The first-order valence-corrected chi connectivity index (χ1v) is 9.54. The molecule has 0 bridgehead atoms. The Balaban J connectivity index is 1.29. The van der Waals surface area contributed by atoms with Crippen molar-refractivity contribution in [3.05, 3.63) is 64.6 Å². The number of alkyl halides is 3. The molecule has 0 saturated heterocycles. The van der Waals surface area contributed by atoms with Gasteiger partial charge in [0.15, 0.2) is 0 Å². The highest BCUT2D eigenvalue weighted by Crippen LogP contribution is 2.26. The number of nitro groups is 1. The van der Waals surface area contributed by atoms with Crippen LogP contribution in [0.5, 0.6) is 11.8 Å². The van der Waals surface area contributed by atoms with E-state index in [0.717, 1.165) is 0 Å². The highest BCUT2D eigenvalue weighted by Gasteiger charge is 2.31. The van der Waals surface area contributed by atoms with Gasteiger partial charge in [-0.15, -0.1) is 13.2 Å². The molecular formula is C21H15F3N4O5. The Morgan fingerprint density at radius 1 is 1.21 bits per heavy atom. The number of ether oxygens (including phenoxy) is 3. The summed E-state index contributed by atoms with van der Waals surface area (Å²) in [5, 5.41) is 10.8. The first-order valence-electron chi connectivity index (χ1n) is 9.54. The molecule has 0 spiro atoms. The predicted molar refractivity (Wildman–Crippen MR) is 107 cm³/mol. The van der Waals surface area contributed by atoms with Gasteiger partial charge in [0.1, 0.15) is 37.0 Å². The molecule has 170 valence electrons. The Bertz CT molecular complexity index is 1200. The molecule has 0 saturated carbocycles. The summed E-state index contributed by atoms with van der Waals surface area (Å²) in [7, 11) is 0. The van der Waals surface area contributed by atoms with Crippen molar-refractivity contribution < 1.29 is 32.3 Å². The Morgan fingerprint density at radius 3 is 2.64 bits per heavy atom. The molecule has 12 heteroatoms. The number of fused-ring (bicyclic) bond motifs is 1. The first-order chi connectivity index (χ1) is 15.8. The number of hydrogen-bond donors (Lipinski definition) is 0. The van der Waals surface area contributed by atoms with Crippen LogP contribution in [-0.2, 0) is 11.3 Å². The normalized spacial score (nSPS) is 15.1. The van der Waals surface area contributed by atoms with Crippen molar-refractivity contribution in [1.29, 1.82) is 0 Å². The molecule has 1 aliphatic rings. The number of benzene rings is 1. The topological polar surface area (TPSA) is 102 Å². The average Bonchev–Trinajstić information content (AvgIpc) is 3.21. The quantitative estimate of drug-likeness (QED) is 0.326. The molecular weight excluding hydrogens is 445 g/mol. The van der Waals surface area contributed by atoms with Crippen LogP contribution in [0, 0.1) is 22.0 Å². The number of pyridine rings is 1. The molecule has 0 aliphatic carbocycles. The zero-order valence-electron chi connectivity index (χ0n) is 16.8. The molecule has 0 N–H and O–H groups in total. The van der Waals surface area contributed by atoms with Crippen molar-refractivity contribution in [2.75, 3.05) is 13.2 Å². The van der Waals surface area contributed by atoms with Gasteiger partial charge in [0, 0.05) is 16.7 Å². The molecule has 3 heterocycles. The van der Waals surface area contributed by atoms with Crippen LogP contribution in [0.1, 0.15) is 5.69 Å². The van der Waals surface area contributed by atoms with Crippen LogP contribution >= 0.6 is 0 Å². The third-order valence-corrected chi connectivity index (χ3v) is 4.51. The van der Waals surface area contributed by atoms with Crippen molar-refractivity contribution >= 4 is 5.82 Å². The second kappa shape index (κ2) is 9.17. The van der Waals surface area contributed by atoms with Gasteiger partial charge in [-0.25, -0.2) is 4.98 Å². The Morgan fingerprint density at radius 2 is 1.97 bits per heavy atom. The van der Waals surface area contributed by atoms with Gasteiger partial charge in [0.25, 0.3) is 0 Å². The molecule has 1 atom stereocenters. The number of nitrogens with zero attached hydrogens (tertiary/aromatic N) is 4. The van der Waals surface area contributed by atoms with E-state index in [1.54, 1.807) is 18.3 Å². The molecule has 33 heavy (non-hydrogen) atoms. The van der Waals surface area contributed by atoms with Gasteiger partial charge < -0.3 is 24.3 Å². The fourth-order valence-corrected chi connectivity index (χ4v) is 3.03. The lowest BCUT2D eigenvalue weighted by atomic mass is 10.1. The van der Waals surface area contributed by atoms with Crippen LogP contribution in [0.2, 0.25) is 0 Å². The third kappa shape index (κ3) is 5.78. The van der Waals surface area contributed by atoms with Gasteiger partial charge in [-0.2, -0.15) is 0 Å². The molecule has 1 aliphatic heterocycles. The van der Waals surface area contributed by atoms with E-state index < -0.39 is 11.3 Å². The molecule has 9 nitrogen and oxygen atoms in total. The summed E-state index contributed by atoms with van der Waals surface area (Å²) in [5.41, 5.74) is 1.88. The predicted octanol–water partition coefficient (Wildman–Crippen LogP) is 3.58. The molecule has 1 aromatic carbocycles. The summed E-state index contributed by atoms with van der Waals surface area (Å²) in [5.74, 6) is 5.11. The van der Waals surface area contributed by atoms with Crippen molar-refractivity contribution in [3.8, 4) is 34.7 Å². The van der Waals surface area contributed by atoms with Gasteiger partial charge in [-0.3, -0.25) is 4.57 Å². The number of aromatic nitrogens is 3. The standard InChI is InChI=1S/C21H15F3N4O5/c22-21(23,24)33-17-7-4-14(5-8-17)15-3-6-16(25-10-15)2-1-9-31-18-11-27-12-19(28(29)30)26-20(27)32-13-18/h3-8,10,12,18H,9,11,13H2/t18-/m1/s1.